The number of hydrogen-bond donors (Lipinski definition) is 4. The summed E-state index contributed by atoms with van der Waals surface area (Å²) >= 11 is 5.11. The average Bonchev–Trinajstić information content (AvgIpc) is 4.17. The molecule has 0 spiro atoms. The fraction of sp³-hybridized carbons (Fsp3) is 0.130. The van der Waals surface area contributed by atoms with Crippen LogP contribution in [0.4, 0.5) is 37.7 Å². The van der Waals surface area contributed by atoms with E-state index < -0.39 is 34.6 Å². The summed E-state index contributed by atoms with van der Waals surface area (Å²) in [5.74, 6) is 0.922. The summed E-state index contributed by atoms with van der Waals surface area (Å²) in [4.78, 5) is 46.1. The Hall–Kier alpha value is -8.53. The first-order valence-electron chi connectivity index (χ1n) is 20.3. The molecule has 352 valence electrons. The van der Waals surface area contributed by atoms with Crippen LogP contribution in [-0.2, 0) is 12.4 Å². The molecule has 0 aliphatic rings. The molecule has 0 fully saturated rings. The van der Waals surface area contributed by atoms with E-state index in [4.69, 9.17) is 21.9 Å². The number of nitrogen functional groups attached to an aromatic ring is 1. The lowest BCUT2D eigenvalue weighted by molar-refractivity contribution is -0.138. The zero-order chi connectivity index (χ0) is 49.4. The first-order chi connectivity index (χ1) is 32.7. The number of carbonyl (C=O) groups is 2. The van der Waals surface area contributed by atoms with Crippen molar-refractivity contribution in [2.24, 2.45) is 0 Å². The van der Waals surface area contributed by atoms with Gasteiger partial charge in [0.25, 0.3) is 11.1 Å². The van der Waals surface area contributed by atoms with E-state index in [2.05, 4.69) is 50.1 Å². The summed E-state index contributed by atoms with van der Waals surface area (Å²) in [6, 6.07) is 17.8. The molecular formula is C46H35ClF6N12O4. The lowest BCUT2D eigenvalue weighted by Crippen LogP contribution is -2.12. The number of carbonyl (C=O) groups excluding carboxylic acids is 2. The predicted octanol–water partition coefficient (Wildman–Crippen LogP) is 11.0. The number of aryl methyl sites for hydroxylation is 4. The smallest absolute Gasteiger partial charge is 0.397 e. The van der Waals surface area contributed by atoms with Gasteiger partial charge in [-0.1, -0.05) is 22.4 Å². The summed E-state index contributed by atoms with van der Waals surface area (Å²) in [7, 11) is 0. The number of amides is 1. The molecule has 4 aromatic carbocycles. The second kappa shape index (κ2) is 18.6. The first-order valence-corrected chi connectivity index (χ1v) is 20.6. The maximum Gasteiger partial charge on any atom is 0.416 e. The van der Waals surface area contributed by atoms with Crippen LogP contribution < -0.4 is 11.1 Å². The molecule has 5 N–H and O–H groups in total. The number of nitrogens with one attached hydrogen (secondary N) is 3. The summed E-state index contributed by atoms with van der Waals surface area (Å²) in [5, 5.41) is 9.18. The van der Waals surface area contributed by atoms with E-state index in [1.807, 2.05) is 0 Å². The predicted molar refractivity (Wildman–Crippen MR) is 242 cm³/mol. The number of anilines is 2. The van der Waals surface area contributed by atoms with Gasteiger partial charge >= 0.3 is 12.4 Å². The van der Waals surface area contributed by atoms with Crippen LogP contribution in [0.2, 0.25) is 0 Å². The molecule has 0 atom stereocenters. The van der Waals surface area contributed by atoms with Gasteiger partial charge < -0.3 is 39.2 Å². The Morgan fingerprint density at radius 3 is 1.57 bits per heavy atom. The highest BCUT2D eigenvalue weighted by Gasteiger charge is 2.33. The lowest BCUT2D eigenvalue weighted by Gasteiger charge is -2.12. The van der Waals surface area contributed by atoms with Crippen LogP contribution in [0.5, 0.6) is 0 Å². The second-order valence-electron chi connectivity index (χ2n) is 15.3. The minimum atomic E-state index is -4.55. The van der Waals surface area contributed by atoms with Gasteiger partial charge in [-0.05, 0) is 100.0 Å². The molecule has 0 aliphatic heterocycles. The number of rotatable bonds is 7. The fourth-order valence-electron chi connectivity index (χ4n) is 6.90. The van der Waals surface area contributed by atoms with Crippen molar-refractivity contribution in [2.45, 2.75) is 40.0 Å². The molecule has 10 rings (SSSR count). The van der Waals surface area contributed by atoms with Gasteiger partial charge in [0, 0.05) is 34.9 Å². The van der Waals surface area contributed by atoms with Crippen molar-refractivity contribution in [2.75, 3.05) is 11.1 Å². The zero-order valence-electron chi connectivity index (χ0n) is 36.3. The molecule has 6 aromatic heterocycles. The number of aromatic amines is 2. The molecule has 10 aromatic rings. The van der Waals surface area contributed by atoms with E-state index in [1.165, 1.54) is 29.6 Å². The van der Waals surface area contributed by atoms with E-state index in [1.54, 1.807) is 93.2 Å². The van der Waals surface area contributed by atoms with Crippen molar-refractivity contribution in [1.29, 1.82) is 0 Å². The highest BCUT2D eigenvalue weighted by atomic mass is 35.5. The first kappa shape index (κ1) is 47.0. The topological polar surface area (TPSA) is 217 Å². The van der Waals surface area contributed by atoms with Crippen LogP contribution in [0.15, 0.2) is 119 Å². The van der Waals surface area contributed by atoms with Crippen molar-refractivity contribution in [3.8, 4) is 34.2 Å². The number of nitrogens with two attached hydrogens (primary N) is 1. The van der Waals surface area contributed by atoms with Crippen molar-refractivity contribution in [3.63, 3.8) is 0 Å². The maximum atomic E-state index is 13.6. The number of nitrogens with zero attached hydrogens (tertiary/aromatic N) is 8. The highest BCUT2D eigenvalue weighted by molar-refractivity contribution is 6.67. The third kappa shape index (κ3) is 10.4. The van der Waals surface area contributed by atoms with Crippen molar-refractivity contribution >= 4 is 56.2 Å². The number of hydrogen-bond acceptors (Lipinski definition) is 11. The van der Waals surface area contributed by atoms with Crippen molar-refractivity contribution in [1.82, 2.24) is 49.4 Å². The van der Waals surface area contributed by atoms with E-state index in [0.717, 1.165) is 24.3 Å². The zero-order valence-corrected chi connectivity index (χ0v) is 37.1. The molecule has 0 bridgehead atoms. The summed E-state index contributed by atoms with van der Waals surface area (Å²) in [6.07, 6.45) is -0.201. The van der Waals surface area contributed by atoms with Crippen LogP contribution >= 0.6 is 11.6 Å². The quantitative estimate of drug-likeness (QED) is 0.0669. The highest BCUT2D eigenvalue weighted by Crippen LogP contribution is 2.37. The van der Waals surface area contributed by atoms with E-state index >= 15 is 0 Å². The number of para-hydroxylation sites is 2. The molecule has 23 heteroatoms. The van der Waals surface area contributed by atoms with Crippen LogP contribution in [0, 0.1) is 27.7 Å². The number of fused-ring (bicyclic) bond motifs is 2. The van der Waals surface area contributed by atoms with Gasteiger partial charge in [0.15, 0.2) is 0 Å². The third-order valence-corrected chi connectivity index (χ3v) is 10.5. The molecule has 1 amide bonds. The number of halogens is 7. The molecule has 16 nitrogen and oxygen atoms in total. The second-order valence-corrected chi connectivity index (χ2v) is 15.7. The summed E-state index contributed by atoms with van der Waals surface area (Å²) in [6.45, 7) is 6.76. The minimum Gasteiger partial charge on any atom is -0.397 e. The minimum absolute atomic E-state index is 0.224. The Kier molecular flexibility index (Phi) is 12.7. The SMILES string of the molecule is Cc1cn(-c2cc(-c3nc4c(N)cccc4[nH]3)cc(C(F)(F)F)c2)cn1.Cc1cn(-c2cc(-c3nc4c(NC(=O)c5cnoc5C)cccc4[nH]3)cc(C(F)(F)F)c2)cn1.Cc1oncc1C(=O)Cl. The van der Waals surface area contributed by atoms with Gasteiger partial charge in [-0.2, -0.15) is 26.3 Å². The average molecular weight is 969 g/mol. The molecule has 69 heavy (non-hydrogen) atoms. The van der Waals surface area contributed by atoms with Crippen molar-refractivity contribution < 1.29 is 45.0 Å². The summed E-state index contributed by atoms with van der Waals surface area (Å²) < 4.78 is 93.6. The third-order valence-electron chi connectivity index (χ3n) is 10.3. The van der Waals surface area contributed by atoms with Crippen LogP contribution in [0.3, 0.4) is 0 Å². The van der Waals surface area contributed by atoms with Gasteiger partial charge in [-0.15, -0.1) is 0 Å². The number of imidazole rings is 4. The summed E-state index contributed by atoms with van der Waals surface area (Å²) in [5.41, 5.74) is 10.5. The maximum absolute atomic E-state index is 13.6. The standard InChI is InChI=1S/C23H17F3N6O2.C18H14F3N5.C5H4ClNO2/c1-12-10-32(11-27-12)16-7-14(6-15(8-16)23(24,25)26)21-29-18-4-3-5-19(20(18)31-21)30-22(33)17-9-28-34-13(17)2;1-10-8-26(9-23-10)13-6-11(5-12(7-13)18(19,20)21)17-24-15-4-2-3-14(22)16(15)25-17;1-3-4(5(6)8)2-7-9-3/h3-11H,1-2H3,(H,29,31)(H,30,33);2-9H,22H2,1H3,(H,24,25);2H,1H3. The Balaban J connectivity index is 0.000000161. The van der Waals surface area contributed by atoms with Gasteiger partial charge in [0.1, 0.15) is 39.8 Å². The fourth-order valence-corrected chi connectivity index (χ4v) is 7.08. The van der Waals surface area contributed by atoms with Gasteiger partial charge in [0.2, 0.25) is 0 Å². The molecule has 0 saturated heterocycles. The Labute approximate surface area is 390 Å². The van der Waals surface area contributed by atoms with Crippen LogP contribution in [0.1, 0.15) is 54.8 Å². The molecular weight excluding hydrogens is 934 g/mol. The Bertz CT molecular complexity index is 3510. The number of H-pyrrole nitrogens is 2. The molecule has 0 radical (unpaired) electrons. The lowest BCUT2D eigenvalue weighted by atomic mass is 10.1. The normalized spacial score (nSPS) is 11.6. The van der Waals surface area contributed by atoms with E-state index in [-0.39, 0.29) is 17.0 Å². The Morgan fingerprint density at radius 1 is 0.667 bits per heavy atom. The molecule has 6 heterocycles. The van der Waals surface area contributed by atoms with E-state index in [9.17, 15) is 35.9 Å². The van der Waals surface area contributed by atoms with Crippen LogP contribution in [-0.4, -0.2) is 60.5 Å². The van der Waals surface area contributed by atoms with E-state index in [0.29, 0.717) is 84.7 Å². The van der Waals surface area contributed by atoms with Gasteiger partial charge in [0.05, 0.1) is 75.5 Å². The van der Waals surface area contributed by atoms with Gasteiger partial charge in [-0.25, -0.2) is 19.9 Å². The molecule has 0 aliphatic carbocycles. The largest absolute Gasteiger partial charge is 0.416 e. The van der Waals surface area contributed by atoms with Gasteiger partial charge in [-0.3, -0.25) is 9.59 Å². The number of alkyl halides is 6. The monoisotopic (exact) mass is 968 g/mol. The Morgan fingerprint density at radius 2 is 1.14 bits per heavy atom. The molecule has 0 saturated carbocycles. The van der Waals surface area contributed by atoms with Crippen LogP contribution in [0.25, 0.3) is 56.2 Å². The molecule has 0 unspecified atom stereocenters. The number of benzene rings is 4. The van der Waals surface area contributed by atoms with Crippen molar-refractivity contribution in [3.05, 3.63) is 155 Å². The number of aromatic nitrogens is 10.